The van der Waals surface area contributed by atoms with Gasteiger partial charge in [-0.15, -0.1) is 0 Å². The molecule has 0 aromatic heterocycles. The van der Waals surface area contributed by atoms with Gasteiger partial charge >= 0.3 is 49.4 Å². The monoisotopic (exact) mass is 578 g/mol. The minimum absolute atomic E-state index is 0.200. The molecule has 0 unspecified atom stereocenters. The van der Waals surface area contributed by atoms with Crippen molar-refractivity contribution >= 4 is 48.3 Å². The summed E-state index contributed by atoms with van der Waals surface area (Å²) in [5.74, 6) is 0. The Morgan fingerprint density at radius 2 is 1.52 bits per heavy atom. The topological polar surface area (TPSA) is 21.7 Å². The van der Waals surface area contributed by atoms with Crippen molar-refractivity contribution in [3.05, 3.63) is 0 Å². The van der Waals surface area contributed by atoms with Crippen LogP contribution in [-0.4, -0.2) is 50.8 Å². The zero-order valence-electron chi connectivity index (χ0n) is 14.7. The number of hydrogen-bond donors (Lipinski definition) is 0. The molecule has 1 aliphatic rings. The molecular formula is C14H31I2NO2SiV. The van der Waals surface area contributed by atoms with E-state index in [0.29, 0.717) is 15.6 Å². The van der Waals surface area contributed by atoms with Gasteiger partial charge in [-0.05, 0) is 60.7 Å². The van der Waals surface area contributed by atoms with Crippen LogP contribution in [-0.2, 0) is 18.6 Å². The molecule has 0 spiro atoms. The standard InChI is InChI=1S/C14H31NO2Si.2HI.V/c1-13(2)9-12(10-14(3,4)15(13)5)17-11-18(7,8)16-6;;;/h12H,9-11H2,1-8H3;2*1H;/q;;;+2/p-2. The summed E-state index contributed by atoms with van der Waals surface area (Å²) in [4.78, 5) is 2.48. The summed E-state index contributed by atoms with van der Waals surface area (Å²) < 4.78 is 11.7. The number of hydrogen-bond acceptors (Lipinski definition) is 3. The van der Waals surface area contributed by atoms with E-state index in [1.54, 1.807) is 7.11 Å². The molecule has 0 atom stereocenters. The minimum atomic E-state index is -1.61. The number of likely N-dealkylation sites (tertiary alicyclic amines) is 1. The number of halogens is 2. The first-order chi connectivity index (χ1) is 9.41. The normalized spacial score (nSPS) is 22.4. The van der Waals surface area contributed by atoms with Gasteiger partial charge in [-0.3, -0.25) is 4.90 Å². The number of nitrogens with zero attached hydrogens (tertiary/aromatic N) is 1. The van der Waals surface area contributed by atoms with Crippen LogP contribution in [0.4, 0.5) is 0 Å². The summed E-state index contributed by atoms with van der Waals surface area (Å²) in [7, 11) is 3.05. The molecule has 1 rings (SSSR count). The molecular weight excluding hydrogens is 547 g/mol. The predicted molar refractivity (Wildman–Crippen MR) is 107 cm³/mol. The first-order valence-corrected chi connectivity index (χ1v) is 19.4. The average Bonchev–Trinajstić information content (AvgIpc) is 2.34. The maximum absolute atomic E-state index is 6.17. The van der Waals surface area contributed by atoms with Gasteiger partial charge in [0, 0.05) is 18.2 Å². The Bertz CT molecular complexity index is 299. The van der Waals surface area contributed by atoms with Crippen molar-refractivity contribution in [2.24, 2.45) is 0 Å². The average molecular weight is 578 g/mol. The van der Waals surface area contributed by atoms with E-state index in [1.807, 2.05) is 0 Å². The van der Waals surface area contributed by atoms with Gasteiger partial charge in [0.2, 0.25) is 8.32 Å². The van der Waals surface area contributed by atoms with Gasteiger partial charge in [0.25, 0.3) is 0 Å². The van der Waals surface area contributed by atoms with Crippen molar-refractivity contribution in [3.63, 3.8) is 0 Å². The third-order valence-electron chi connectivity index (χ3n) is 4.49. The molecule has 0 N–H and O–H groups in total. The summed E-state index contributed by atoms with van der Waals surface area (Å²) in [6, 6.07) is 0. The van der Waals surface area contributed by atoms with Crippen LogP contribution in [0.3, 0.4) is 0 Å². The third kappa shape index (κ3) is 8.18. The van der Waals surface area contributed by atoms with E-state index >= 15 is 0 Å². The Hall–Kier alpha value is 2.14. The molecule has 0 saturated carbocycles. The Morgan fingerprint density at radius 3 is 1.86 bits per heavy atom. The van der Waals surface area contributed by atoms with Crippen LogP contribution in [0.25, 0.3) is 0 Å². The zero-order chi connectivity index (χ0) is 16.9. The summed E-state index contributed by atoms with van der Waals surface area (Å²) in [5, 5.41) is 0. The van der Waals surface area contributed by atoms with Crippen LogP contribution in [0.5, 0.6) is 0 Å². The second-order valence-electron chi connectivity index (χ2n) is 7.55. The maximum atomic E-state index is 6.17. The Labute approximate surface area is 161 Å². The Kier molecular flexibility index (Phi) is 10.6. The molecule has 7 heteroatoms. The van der Waals surface area contributed by atoms with Crippen LogP contribution < -0.4 is 0 Å². The second-order valence-corrected chi connectivity index (χ2v) is 23.6. The van der Waals surface area contributed by atoms with Crippen LogP contribution >= 0.6 is 40.0 Å². The van der Waals surface area contributed by atoms with Crippen molar-refractivity contribution in [3.8, 4) is 0 Å². The molecule has 1 saturated heterocycles. The fourth-order valence-corrected chi connectivity index (χ4v) is 3.53. The molecule has 0 amide bonds. The summed E-state index contributed by atoms with van der Waals surface area (Å²) >= 11 is 4.74. The molecule has 0 radical (unpaired) electrons. The zero-order valence-corrected chi connectivity index (χ0v) is 21.4. The van der Waals surface area contributed by atoms with Gasteiger partial charge in [-0.1, -0.05) is 0 Å². The van der Waals surface area contributed by atoms with Crippen molar-refractivity contribution in [2.45, 2.75) is 70.8 Å². The van der Waals surface area contributed by atoms with Gasteiger partial charge in [0.15, 0.2) is 0 Å². The number of rotatable bonds is 4. The predicted octanol–water partition coefficient (Wildman–Crippen LogP) is 4.81. The molecule has 1 aliphatic heterocycles. The second kappa shape index (κ2) is 9.58. The molecule has 1 fully saturated rings. The van der Waals surface area contributed by atoms with E-state index in [1.165, 1.54) is 0 Å². The van der Waals surface area contributed by atoms with E-state index in [-0.39, 0.29) is 11.1 Å². The molecule has 0 aromatic carbocycles. The van der Waals surface area contributed by atoms with Gasteiger partial charge < -0.3 is 9.16 Å². The number of piperidine rings is 1. The van der Waals surface area contributed by atoms with Crippen molar-refractivity contribution < 1.29 is 18.6 Å². The molecule has 0 bridgehead atoms. The summed E-state index contributed by atoms with van der Waals surface area (Å²) in [6.45, 7) is 13.6. The van der Waals surface area contributed by atoms with Gasteiger partial charge in [-0.2, -0.15) is 0 Å². The summed E-state index contributed by atoms with van der Waals surface area (Å²) in [5.41, 5.74) is 0.399. The van der Waals surface area contributed by atoms with Crippen LogP contribution in [0.15, 0.2) is 0 Å². The Balaban J connectivity index is 0.00000122. The van der Waals surface area contributed by atoms with Crippen LogP contribution in [0.1, 0.15) is 40.5 Å². The third-order valence-corrected chi connectivity index (χ3v) is 6.46. The molecule has 3 nitrogen and oxygen atoms in total. The fraction of sp³-hybridized carbons (Fsp3) is 1.00. The van der Waals surface area contributed by atoms with E-state index in [4.69, 9.17) is 9.16 Å². The van der Waals surface area contributed by atoms with Crippen molar-refractivity contribution in [2.75, 3.05) is 20.4 Å². The van der Waals surface area contributed by atoms with Gasteiger partial charge in [0.1, 0.15) is 0 Å². The first kappa shape index (κ1) is 23.1. The molecule has 1 heterocycles. The number of ether oxygens (including phenoxy) is 1. The molecule has 127 valence electrons. The van der Waals surface area contributed by atoms with E-state index in [0.717, 1.165) is 19.1 Å². The first-order valence-electron chi connectivity index (χ1n) is 7.25. The molecule has 21 heavy (non-hydrogen) atoms. The summed E-state index contributed by atoms with van der Waals surface area (Å²) in [6.07, 6.45) is 3.35. The van der Waals surface area contributed by atoms with Crippen molar-refractivity contribution in [1.29, 1.82) is 0 Å². The van der Waals surface area contributed by atoms with Crippen molar-refractivity contribution in [1.82, 2.24) is 4.90 Å². The van der Waals surface area contributed by atoms with Gasteiger partial charge in [-0.25, -0.2) is 0 Å². The fourth-order valence-electron chi connectivity index (χ4n) is 2.78. The van der Waals surface area contributed by atoms with E-state index in [2.05, 4.69) is 92.7 Å². The quantitative estimate of drug-likeness (QED) is 0.353. The Morgan fingerprint density at radius 1 is 1.14 bits per heavy atom. The van der Waals surface area contributed by atoms with Crippen LogP contribution in [0, 0.1) is 0 Å². The van der Waals surface area contributed by atoms with Crippen LogP contribution in [0.2, 0.25) is 13.1 Å². The van der Waals surface area contributed by atoms with Gasteiger partial charge in [0.05, 0.1) is 12.3 Å². The SMILES string of the molecule is CO[Si](C)(C)COC1CC(C)(C)N(C)C(C)(C)C1.[I][V][I]. The van der Waals surface area contributed by atoms with E-state index in [9.17, 15) is 0 Å². The molecule has 0 aromatic rings. The molecule has 0 aliphatic carbocycles. The van der Waals surface area contributed by atoms with E-state index < -0.39 is 8.32 Å².